The number of hydrogen-bond donors (Lipinski definition) is 0. The van der Waals surface area contributed by atoms with Crippen LogP contribution >= 0.6 is 0 Å². The topological polar surface area (TPSA) is 79.4 Å². The standard InChI is InChI=1S/C22H26F3N3O5S/c1-26-9-11-27(12-10-26)21(29)15-28(17-6-4-5-16(13-17)22(23,24)25)34(30,31)18-7-8-19(32-2)20(14-18)33-3/h4-8,13-14H,9-12,15H2,1-3H3. The number of rotatable bonds is 7. The van der Waals surface area contributed by atoms with E-state index in [4.69, 9.17) is 9.47 Å². The molecule has 1 aliphatic rings. The average Bonchev–Trinajstić information content (AvgIpc) is 2.81. The number of methoxy groups -OCH3 is 2. The monoisotopic (exact) mass is 501 g/mol. The first kappa shape index (κ1) is 25.6. The summed E-state index contributed by atoms with van der Waals surface area (Å²) in [5.41, 5.74) is -1.29. The lowest BCUT2D eigenvalue weighted by atomic mass is 10.2. The Labute approximate surface area is 196 Å². The highest BCUT2D eigenvalue weighted by molar-refractivity contribution is 7.92. The van der Waals surface area contributed by atoms with Crippen LogP contribution in [-0.4, -0.2) is 78.1 Å². The van der Waals surface area contributed by atoms with Gasteiger partial charge < -0.3 is 19.3 Å². The van der Waals surface area contributed by atoms with Gasteiger partial charge in [0.25, 0.3) is 10.0 Å². The summed E-state index contributed by atoms with van der Waals surface area (Å²) < 4.78 is 78.2. The number of carbonyl (C=O) groups excluding carboxylic acids is 1. The molecular formula is C22H26F3N3O5S. The van der Waals surface area contributed by atoms with Crippen molar-refractivity contribution < 1.29 is 35.9 Å². The van der Waals surface area contributed by atoms with Crippen LogP contribution in [0.5, 0.6) is 11.5 Å². The Balaban J connectivity index is 2.05. The molecule has 0 aromatic heterocycles. The number of ether oxygens (including phenoxy) is 2. The van der Waals surface area contributed by atoms with E-state index in [0.717, 1.165) is 18.2 Å². The predicted molar refractivity (Wildman–Crippen MR) is 120 cm³/mol. The fraction of sp³-hybridized carbons (Fsp3) is 0.409. The Morgan fingerprint density at radius 2 is 1.65 bits per heavy atom. The van der Waals surface area contributed by atoms with Crippen molar-refractivity contribution in [1.82, 2.24) is 9.80 Å². The minimum atomic E-state index is -4.68. The van der Waals surface area contributed by atoms with Gasteiger partial charge in [0.2, 0.25) is 5.91 Å². The molecule has 0 unspecified atom stereocenters. The van der Waals surface area contributed by atoms with Crippen LogP contribution in [0.4, 0.5) is 18.9 Å². The Morgan fingerprint density at radius 3 is 2.24 bits per heavy atom. The third kappa shape index (κ3) is 5.55. The average molecular weight is 502 g/mol. The van der Waals surface area contributed by atoms with Crippen LogP contribution in [0.3, 0.4) is 0 Å². The summed E-state index contributed by atoms with van der Waals surface area (Å²) in [6.45, 7) is 1.35. The molecule has 0 bridgehead atoms. The second-order valence-corrected chi connectivity index (χ2v) is 9.62. The van der Waals surface area contributed by atoms with Gasteiger partial charge in [-0.25, -0.2) is 8.42 Å². The highest BCUT2D eigenvalue weighted by Gasteiger charge is 2.34. The van der Waals surface area contributed by atoms with E-state index >= 15 is 0 Å². The molecule has 0 spiro atoms. The molecule has 3 rings (SSSR count). The first-order valence-corrected chi connectivity index (χ1v) is 11.8. The normalized spacial score (nSPS) is 15.2. The minimum Gasteiger partial charge on any atom is -0.493 e. The second-order valence-electron chi connectivity index (χ2n) is 7.76. The minimum absolute atomic E-state index is 0.123. The molecule has 1 heterocycles. The molecule has 0 aliphatic carbocycles. The number of alkyl halides is 3. The van der Waals surface area contributed by atoms with Crippen LogP contribution in [0.15, 0.2) is 47.4 Å². The van der Waals surface area contributed by atoms with Crippen LogP contribution in [0.2, 0.25) is 0 Å². The predicted octanol–water partition coefficient (Wildman–Crippen LogP) is 2.69. The van der Waals surface area contributed by atoms with Crippen LogP contribution in [0.25, 0.3) is 0 Å². The molecule has 1 saturated heterocycles. The zero-order valence-electron chi connectivity index (χ0n) is 19.0. The molecule has 1 amide bonds. The number of hydrogen-bond acceptors (Lipinski definition) is 6. The molecular weight excluding hydrogens is 475 g/mol. The molecule has 12 heteroatoms. The largest absolute Gasteiger partial charge is 0.493 e. The lowest BCUT2D eigenvalue weighted by Crippen LogP contribution is -2.50. The van der Waals surface area contributed by atoms with E-state index in [1.54, 1.807) is 0 Å². The number of benzene rings is 2. The van der Waals surface area contributed by atoms with Crippen molar-refractivity contribution in [2.75, 3.05) is 58.3 Å². The fourth-order valence-electron chi connectivity index (χ4n) is 3.54. The van der Waals surface area contributed by atoms with Gasteiger partial charge in [0, 0.05) is 32.2 Å². The summed E-state index contributed by atoms with van der Waals surface area (Å²) in [6.07, 6.45) is -4.68. The number of halogens is 3. The summed E-state index contributed by atoms with van der Waals surface area (Å²) in [6, 6.07) is 7.72. The molecule has 0 radical (unpaired) electrons. The zero-order valence-corrected chi connectivity index (χ0v) is 19.8. The number of sulfonamides is 1. The fourth-order valence-corrected chi connectivity index (χ4v) is 4.96. The van der Waals surface area contributed by atoms with Crippen molar-refractivity contribution in [2.24, 2.45) is 0 Å². The molecule has 0 atom stereocenters. The lowest BCUT2D eigenvalue weighted by Gasteiger charge is -2.34. The Kier molecular flexibility index (Phi) is 7.61. The maximum absolute atomic E-state index is 13.6. The number of amides is 1. The van der Waals surface area contributed by atoms with Crippen LogP contribution in [0, 0.1) is 0 Å². The SMILES string of the molecule is COc1ccc(S(=O)(=O)N(CC(=O)N2CCN(C)CC2)c2cccc(C(F)(F)F)c2)cc1OC. The van der Waals surface area contributed by atoms with Gasteiger partial charge >= 0.3 is 6.18 Å². The number of anilines is 1. The summed E-state index contributed by atoms with van der Waals surface area (Å²) in [5.74, 6) is -0.104. The summed E-state index contributed by atoms with van der Waals surface area (Å²) in [5, 5.41) is 0. The quantitative estimate of drug-likeness (QED) is 0.581. The van der Waals surface area contributed by atoms with E-state index < -0.39 is 34.2 Å². The molecule has 0 saturated carbocycles. The van der Waals surface area contributed by atoms with E-state index in [9.17, 15) is 26.4 Å². The van der Waals surface area contributed by atoms with Crippen molar-refractivity contribution >= 4 is 21.6 Å². The maximum atomic E-state index is 13.6. The Bertz CT molecular complexity index is 1130. The van der Waals surface area contributed by atoms with E-state index in [0.29, 0.717) is 30.5 Å². The Hall–Kier alpha value is -2.99. The van der Waals surface area contributed by atoms with Crippen molar-refractivity contribution in [3.05, 3.63) is 48.0 Å². The van der Waals surface area contributed by atoms with E-state index in [2.05, 4.69) is 0 Å². The molecule has 1 fully saturated rings. The van der Waals surface area contributed by atoms with Gasteiger partial charge in [0.15, 0.2) is 11.5 Å². The highest BCUT2D eigenvalue weighted by Crippen LogP contribution is 2.35. The van der Waals surface area contributed by atoms with Gasteiger partial charge in [0.05, 0.1) is 30.4 Å². The van der Waals surface area contributed by atoms with Crippen LogP contribution < -0.4 is 13.8 Å². The number of nitrogens with zero attached hydrogens (tertiary/aromatic N) is 3. The smallest absolute Gasteiger partial charge is 0.416 e. The molecule has 2 aromatic carbocycles. The first-order valence-electron chi connectivity index (χ1n) is 10.4. The van der Waals surface area contributed by atoms with Crippen molar-refractivity contribution in [3.63, 3.8) is 0 Å². The Morgan fingerprint density at radius 1 is 1.00 bits per heavy atom. The number of likely N-dealkylation sites (N-methyl/N-ethyl adjacent to an activating group) is 1. The molecule has 186 valence electrons. The highest BCUT2D eigenvalue weighted by atomic mass is 32.2. The number of carbonyl (C=O) groups is 1. The molecule has 2 aromatic rings. The van der Waals surface area contributed by atoms with Crippen molar-refractivity contribution in [3.8, 4) is 11.5 Å². The van der Waals surface area contributed by atoms with E-state index in [1.165, 1.54) is 43.4 Å². The third-order valence-corrected chi connectivity index (χ3v) is 7.31. The van der Waals surface area contributed by atoms with Gasteiger partial charge in [-0.1, -0.05) is 6.07 Å². The van der Waals surface area contributed by atoms with Gasteiger partial charge in [0.1, 0.15) is 6.54 Å². The van der Waals surface area contributed by atoms with Gasteiger partial charge in [-0.15, -0.1) is 0 Å². The van der Waals surface area contributed by atoms with Crippen molar-refractivity contribution in [1.29, 1.82) is 0 Å². The first-order chi connectivity index (χ1) is 16.0. The maximum Gasteiger partial charge on any atom is 0.416 e. The summed E-state index contributed by atoms with van der Waals surface area (Å²) >= 11 is 0. The van der Waals surface area contributed by atoms with E-state index in [1.807, 2.05) is 11.9 Å². The van der Waals surface area contributed by atoms with Gasteiger partial charge in [-0.3, -0.25) is 9.10 Å². The van der Waals surface area contributed by atoms with Gasteiger partial charge in [-0.2, -0.15) is 13.2 Å². The molecule has 1 aliphatic heterocycles. The van der Waals surface area contributed by atoms with Crippen molar-refractivity contribution in [2.45, 2.75) is 11.1 Å². The van der Waals surface area contributed by atoms with Crippen LogP contribution in [-0.2, 0) is 21.0 Å². The number of piperazine rings is 1. The third-order valence-electron chi connectivity index (χ3n) is 5.54. The molecule has 34 heavy (non-hydrogen) atoms. The second kappa shape index (κ2) is 10.1. The zero-order chi connectivity index (χ0) is 25.1. The molecule has 0 N–H and O–H groups in total. The summed E-state index contributed by atoms with van der Waals surface area (Å²) in [4.78, 5) is 16.3. The molecule has 8 nitrogen and oxygen atoms in total. The van der Waals surface area contributed by atoms with E-state index in [-0.39, 0.29) is 22.1 Å². The van der Waals surface area contributed by atoms with Crippen LogP contribution in [0.1, 0.15) is 5.56 Å². The lowest BCUT2D eigenvalue weighted by molar-refractivity contribution is -0.137. The summed E-state index contributed by atoms with van der Waals surface area (Å²) in [7, 11) is 0.169. The van der Waals surface area contributed by atoms with Gasteiger partial charge in [-0.05, 0) is 37.4 Å².